The van der Waals surface area contributed by atoms with E-state index < -0.39 is 18.5 Å². The zero-order valence-electron chi connectivity index (χ0n) is 5.99. The van der Waals surface area contributed by atoms with Crippen molar-refractivity contribution in [3.8, 4) is 0 Å². The lowest BCUT2D eigenvalue weighted by atomic mass is 10.0. The standard InChI is InChI=1S/C7H10ClF3/c1-2-3-6(5-8)4-7(9,10)11/h2,6H,1,3-5H2. The largest absolute Gasteiger partial charge is 0.389 e. The second-order valence-corrected chi connectivity index (χ2v) is 2.67. The molecule has 4 heteroatoms. The van der Waals surface area contributed by atoms with E-state index in [-0.39, 0.29) is 5.88 Å². The van der Waals surface area contributed by atoms with Crippen molar-refractivity contribution in [2.75, 3.05) is 5.88 Å². The van der Waals surface area contributed by atoms with Gasteiger partial charge in [-0.05, 0) is 12.3 Å². The van der Waals surface area contributed by atoms with E-state index in [4.69, 9.17) is 11.6 Å². The summed E-state index contributed by atoms with van der Waals surface area (Å²) in [6.07, 6.45) is -3.15. The Morgan fingerprint density at radius 1 is 1.45 bits per heavy atom. The maximum Gasteiger partial charge on any atom is 0.389 e. The monoisotopic (exact) mass is 186 g/mol. The lowest BCUT2D eigenvalue weighted by Gasteiger charge is -2.13. The van der Waals surface area contributed by atoms with E-state index >= 15 is 0 Å². The number of hydrogen-bond acceptors (Lipinski definition) is 0. The molecule has 11 heavy (non-hydrogen) atoms. The molecule has 0 rings (SSSR count). The smallest absolute Gasteiger partial charge is 0.171 e. The third kappa shape index (κ3) is 6.23. The molecule has 0 nitrogen and oxygen atoms in total. The molecule has 0 aliphatic heterocycles. The second kappa shape index (κ2) is 4.65. The van der Waals surface area contributed by atoms with Crippen LogP contribution in [-0.4, -0.2) is 12.1 Å². The molecular weight excluding hydrogens is 177 g/mol. The maximum atomic E-state index is 11.7. The summed E-state index contributed by atoms with van der Waals surface area (Å²) in [5.41, 5.74) is 0. The van der Waals surface area contributed by atoms with Gasteiger partial charge in [0.1, 0.15) is 0 Å². The number of allylic oxidation sites excluding steroid dienone is 1. The van der Waals surface area contributed by atoms with Gasteiger partial charge in [0.2, 0.25) is 0 Å². The van der Waals surface area contributed by atoms with Crippen molar-refractivity contribution in [2.24, 2.45) is 5.92 Å². The minimum atomic E-state index is -4.11. The van der Waals surface area contributed by atoms with Crippen LogP contribution >= 0.6 is 11.6 Å². The summed E-state index contributed by atoms with van der Waals surface area (Å²) in [5.74, 6) is -0.486. The first-order valence-corrected chi connectivity index (χ1v) is 3.76. The summed E-state index contributed by atoms with van der Waals surface area (Å²) in [5, 5.41) is 0. The van der Waals surface area contributed by atoms with Gasteiger partial charge in [-0.25, -0.2) is 0 Å². The number of alkyl halides is 4. The van der Waals surface area contributed by atoms with Gasteiger partial charge < -0.3 is 0 Å². The van der Waals surface area contributed by atoms with E-state index in [0.717, 1.165) is 0 Å². The molecule has 0 aliphatic rings. The van der Waals surface area contributed by atoms with Gasteiger partial charge in [-0.2, -0.15) is 13.2 Å². The van der Waals surface area contributed by atoms with Crippen LogP contribution in [0.15, 0.2) is 12.7 Å². The SMILES string of the molecule is C=CCC(CCl)CC(F)(F)F. The molecule has 0 saturated carbocycles. The third-order valence-corrected chi connectivity index (χ3v) is 1.67. The van der Waals surface area contributed by atoms with E-state index in [1.165, 1.54) is 6.08 Å². The Labute approximate surface area is 69.0 Å². The van der Waals surface area contributed by atoms with Crippen LogP contribution in [0.1, 0.15) is 12.8 Å². The highest BCUT2D eigenvalue weighted by Gasteiger charge is 2.30. The first kappa shape index (κ1) is 10.8. The Morgan fingerprint density at radius 2 is 2.00 bits per heavy atom. The van der Waals surface area contributed by atoms with E-state index in [1.54, 1.807) is 0 Å². The van der Waals surface area contributed by atoms with Crippen LogP contribution in [0.2, 0.25) is 0 Å². The highest BCUT2D eigenvalue weighted by atomic mass is 35.5. The normalized spacial score (nSPS) is 14.5. The lowest BCUT2D eigenvalue weighted by molar-refractivity contribution is -0.142. The zero-order chi connectivity index (χ0) is 8.91. The van der Waals surface area contributed by atoms with Crippen LogP contribution in [0.4, 0.5) is 13.2 Å². The van der Waals surface area contributed by atoms with Crippen molar-refractivity contribution in [3.63, 3.8) is 0 Å². The average molecular weight is 187 g/mol. The molecule has 0 N–H and O–H groups in total. The number of halogens is 4. The highest BCUT2D eigenvalue weighted by Crippen LogP contribution is 2.27. The predicted octanol–water partition coefficient (Wildman–Crippen LogP) is 3.37. The van der Waals surface area contributed by atoms with Gasteiger partial charge in [-0.3, -0.25) is 0 Å². The van der Waals surface area contributed by atoms with E-state index in [2.05, 4.69) is 6.58 Å². The molecule has 0 heterocycles. The first-order chi connectivity index (χ1) is 4.99. The Balaban J connectivity index is 3.77. The molecule has 0 amide bonds. The van der Waals surface area contributed by atoms with E-state index in [0.29, 0.717) is 6.42 Å². The van der Waals surface area contributed by atoms with Gasteiger partial charge in [0.25, 0.3) is 0 Å². The zero-order valence-corrected chi connectivity index (χ0v) is 6.75. The summed E-state index contributed by atoms with van der Waals surface area (Å²) < 4.78 is 35.2. The Bertz CT molecular complexity index is 119. The third-order valence-electron chi connectivity index (χ3n) is 1.24. The summed E-state index contributed by atoms with van der Waals surface area (Å²) in [6.45, 7) is 3.35. The van der Waals surface area contributed by atoms with Gasteiger partial charge in [-0.1, -0.05) is 6.08 Å². The average Bonchev–Trinajstić information content (AvgIpc) is 1.84. The Morgan fingerprint density at radius 3 is 2.27 bits per heavy atom. The molecule has 0 aromatic heterocycles. The van der Waals surface area contributed by atoms with Crippen LogP contribution in [0.3, 0.4) is 0 Å². The fraction of sp³-hybridized carbons (Fsp3) is 0.714. The number of hydrogen-bond donors (Lipinski definition) is 0. The van der Waals surface area contributed by atoms with E-state index in [1.807, 2.05) is 0 Å². The van der Waals surface area contributed by atoms with Crippen molar-refractivity contribution in [1.82, 2.24) is 0 Å². The van der Waals surface area contributed by atoms with Crippen molar-refractivity contribution < 1.29 is 13.2 Å². The molecule has 0 spiro atoms. The minimum absolute atomic E-state index is 0.0333. The van der Waals surface area contributed by atoms with E-state index in [9.17, 15) is 13.2 Å². The highest BCUT2D eigenvalue weighted by molar-refractivity contribution is 6.18. The second-order valence-electron chi connectivity index (χ2n) is 2.36. The van der Waals surface area contributed by atoms with Crippen LogP contribution in [-0.2, 0) is 0 Å². The lowest BCUT2D eigenvalue weighted by Crippen LogP contribution is -2.15. The summed E-state index contributed by atoms with van der Waals surface area (Å²) in [6, 6.07) is 0. The van der Waals surface area contributed by atoms with Crippen LogP contribution in [0.25, 0.3) is 0 Å². The van der Waals surface area contributed by atoms with Crippen molar-refractivity contribution in [2.45, 2.75) is 19.0 Å². The molecule has 0 aliphatic carbocycles. The van der Waals surface area contributed by atoms with Crippen molar-refractivity contribution >= 4 is 11.6 Å². The topological polar surface area (TPSA) is 0 Å². The summed E-state index contributed by atoms with van der Waals surface area (Å²) in [7, 11) is 0. The van der Waals surface area contributed by atoms with Gasteiger partial charge in [-0.15, -0.1) is 18.2 Å². The summed E-state index contributed by atoms with van der Waals surface area (Å²) in [4.78, 5) is 0. The quantitative estimate of drug-likeness (QED) is 0.467. The molecule has 1 unspecified atom stereocenters. The predicted molar refractivity (Wildman–Crippen MR) is 39.7 cm³/mol. The molecular formula is C7H10ClF3. The Kier molecular flexibility index (Phi) is 4.57. The Hall–Kier alpha value is -0.180. The molecule has 0 saturated heterocycles. The molecule has 66 valence electrons. The maximum absolute atomic E-state index is 11.7. The van der Waals surface area contributed by atoms with Crippen molar-refractivity contribution in [3.05, 3.63) is 12.7 Å². The van der Waals surface area contributed by atoms with Crippen molar-refractivity contribution in [1.29, 1.82) is 0 Å². The van der Waals surface area contributed by atoms with Gasteiger partial charge in [0.15, 0.2) is 0 Å². The minimum Gasteiger partial charge on any atom is -0.171 e. The van der Waals surface area contributed by atoms with Crippen LogP contribution < -0.4 is 0 Å². The molecule has 0 aromatic carbocycles. The molecule has 0 radical (unpaired) electrons. The molecule has 0 aromatic rings. The van der Waals surface area contributed by atoms with Crippen LogP contribution in [0, 0.1) is 5.92 Å². The molecule has 0 bridgehead atoms. The van der Waals surface area contributed by atoms with Gasteiger partial charge >= 0.3 is 6.18 Å². The fourth-order valence-electron chi connectivity index (χ4n) is 0.764. The van der Waals surface area contributed by atoms with Crippen LogP contribution in [0.5, 0.6) is 0 Å². The molecule has 0 fully saturated rings. The molecule has 1 atom stereocenters. The first-order valence-electron chi connectivity index (χ1n) is 3.23. The van der Waals surface area contributed by atoms with Gasteiger partial charge in [0.05, 0.1) is 0 Å². The number of rotatable bonds is 4. The summed E-state index contributed by atoms with van der Waals surface area (Å²) >= 11 is 5.30. The van der Waals surface area contributed by atoms with Gasteiger partial charge in [0, 0.05) is 12.3 Å². The fourth-order valence-corrected chi connectivity index (χ4v) is 0.999.